The summed E-state index contributed by atoms with van der Waals surface area (Å²) in [4.78, 5) is 0. The highest BCUT2D eigenvalue weighted by Crippen LogP contribution is 2.46. The van der Waals surface area contributed by atoms with Gasteiger partial charge in [-0.3, -0.25) is 0 Å². The Bertz CT molecular complexity index is 290. The van der Waals surface area contributed by atoms with E-state index in [1.165, 1.54) is 0 Å². The third-order valence-corrected chi connectivity index (χ3v) is 5.45. The molecular formula is C11H19IP2. The van der Waals surface area contributed by atoms with E-state index in [1.54, 1.807) is 10.6 Å². The van der Waals surface area contributed by atoms with Gasteiger partial charge in [0.2, 0.25) is 0 Å². The van der Waals surface area contributed by atoms with Gasteiger partial charge >= 0.3 is 0 Å². The van der Waals surface area contributed by atoms with Crippen molar-refractivity contribution in [3.63, 3.8) is 0 Å². The van der Waals surface area contributed by atoms with E-state index in [0.29, 0.717) is 0 Å². The molecule has 0 nitrogen and oxygen atoms in total. The van der Waals surface area contributed by atoms with Crippen LogP contribution in [0.3, 0.4) is 0 Å². The van der Waals surface area contributed by atoms with E-state index in [1.807, 2.05) is 0 Å². The van der Waals surface area contributed by atoms with Crippen molar-refractivity contribution in [3.8, 4) is 0 Å². The van der Waals surface area contributed by atoms with Gasteiger partial charge in [-0.15, -0.1) is 0 Å². The lowest BCUT2D eigenvalue weighted by molar-refractivity contribution is -0.00000298. The monoisotopic (exact) mass is 340 g/mol. The lowest BCUT2D eigenvalue weighted by Crippen LogP contribution is -3.00. The van der Waals surface area contributed by atoms with E-state index in [2.05, 4.69) is 57.6 Å². The minimum Gasteiger partial charge on any atom is -1.00 e. The number of hydrogen-bond donors (Lipinski definition) is 0. The van der Waals surface area contributed by atoms with E-state index in [-0.39, 0.29) is 31.9 Å². The molecule has 1 rings (SSSR count). The summed E-state index contributed by atoms with van der Waals surface area (Å²) in [6.07, 6.45) is 0. The maximum Gasteiger partial charge on any atom is 0.101 e. The molecule has 0 fully saturated rings. The van der Waals surface area contributed by atoms with E-state index in [0.717, 1.165) is 0 Å². The molecule has 1 aromatic carbocycles. The summed E-state index contributed by atoms with van der Waals surface area (Å²) >= 11 is 0. The summed E-state index contributed by atoms with van der Waals surface area (Å²) in [5, 5.41) is 3.21. The van der Waals surface area contributed by atoms with E-state index < -0.39 is 7.26 Å². The molecule has 0 saturated carbocycles. The molecule has 80 valence electrons. The van der Waals surface area contributed by atoms with Crippen molar-refractivity contribution in [2.75, 3.05) is 33.3 Å². The Morgan fingerprint density at radius 1 is 1.00 bits per heavy atom. The van der Waals surface area contributed by atoms with Gasteiger partial charge in [0.05, 0.1) is 20.0 Å². The smallest absolute Gasteiger partial charge is 0.101 e. The zero-order chi connectivity index (χ0) is 10.1. The van der Waals surface area contributed by atoms with Crippen molar-refractivity contribution < 1.29 is 24.0 Å². The molecule has 3 heteroatoms. The van der Waals surface area contributed by atoms with Crippen molar-refractivity contribution >= 4 is 25.8 Å². The molecule has 0 bridgehead atoms. The third kappa shape index (κ3) is 3.76. The molecular weight excluding hydrogens is 321 g/mol. The average Bonchev–Trinajstić information content (AvgIpc) is 2.03. The molecule has 0 unspecified atom stereocenters. The summed E-state index contributed by atoms with van der Waals surface area (Å²) in [6, 6.07) is 8.94. The Morgan fingerprint density at radius 3 is 1.86 bits per heavy atom. The molecule has 0 saturated heterocycles. The Balaban J connectivity index is 0.00000169. The first-order chi connectivity index (χ1) is 5.93. The van der Waals surface area contributed by atoms with Crippen LogP contribution in [0.25, 0.3) is 0 Å². The predicted molar refractivity (Wildman–Crippen MR) is 69.2 cm³/mol. The molecule has 0 aromatic heterocycles. The van der Waals surface area contributed by atoms with Gasteiger partial charge in [0.25, 0.3) is 0 Å². The van der Waals surface area contributed by atoms with Crippen molar-refractivity contribution in [2.45, 2.75) is 0 Å². The number of benzene rings is 1. The summed E-state index contributed by atoms with van der Waals surface area (Å²) < 4.78 is 0. The molecule has 0 radical (unpaired) electrons. The van der Waals surface area contributed by atoms with Gasteiger partial charge in [-0.1, -0.05) is 26.1 Å². The van der Waals surface area contributed by atoms with Crippen molar-refractivity contribution in [2.24, 2.45) is 0 Å². The highest BCUT2D eigenvalue weighted by Gasteiger charge is 2.25. The third-order valence-electron chi connectivity index (χ3n) is 2.09. The quantitative estimate of drug-likeness (QED) is 0.507. The fraction of sp³-hybridized carbons (Fsp3) is 0.455. The van der Waals surface area contributed by atoms with Crippen LogP contribution in [0.4, 0.5) is 0 Å². The van der Waals surface area contributed by atoms with Crippen LogP contribution < -0.4 is 34.6 Å². The minimum atomic E-state index is -0.843. The second kappa shape index (κ2) is 5.77. The largest absolute Gasteiger partial charge is 1.00 e. The summed E-state index contributed by atoms with van der Waals surface area (Å²) in [6.45, 7) is 11.9. The van der Waals surface area contributed by atoms with Gasteiger partial charge in [0.1, 0.15) is 5.30 Å². The Kier molecular flexibility index (Phi) is 6.11. The van der Waals surface area contributed by atoms with Crippen molar-refractivity contribution in [1.29, 1.82) is 0 Å². The van der Waals surface area contributed by atoms with Crippen LogP contribution in [0, 0.1) is 0 Å². The van der Waals surface area contributed by atoms with Gasteiger partial charge in [-0.2, -0.15) is 0 Å². The van der Waals surface area contributed by atoms with Crippen molar-refractivity contribution in [1.82, 2.24) is 0 Å². The molecule has 0 aliphatic rings. The van der Waals surface area contributed by atoms with Crippen molar-refractivity contribution in [3.05, 3.63) is 24.3 Å². The molecule has 1 aromatic rings. The zero-order valence-corrected chi connectivity index (χ0v) is 13.5. The molecule has 0 amide bonds. The second-order valence-corrected chi connectivity index (χ2v) is 11.2. The summed E-state index contributed by atoms with van der Waals surface area (Å²) in [7, 11) is -0.796. The topological polar surface area (TPSA) is 0 Å². The van der Waals surface area contributed by atoms with Gasteiger partial charge in [0.15, 0.2) is 0 Å². The van der Waals surface area contributed by atoms with Crippen LogP contribution in [0.1, 0.15) is 0 Å². The standard InChI is InChI=1S/C11H19P2.HI/c1-12(2)10-8-6-7-9-11(10)13(3,4)5;/h6-9H,1-5H3;1H/q+1;/p-1. The van der Waals surface area contributed by atoms with Crippen LogP contribution in [-0.2, 0) is 0 Å². The fourth-order valence-corrected chi connectivity index (χ4v) is 5.12. The molecule has 0 atom stereocenters. The summed E-state index contributed by atoms with van der Waals surface area (Å²) in [5.41, 5.74) is 0. The zero-order valence-electron chi connectivity index (χ0n) is 9.58. The molecule has 0 aliphatic heterocycles. The minimum absolute atomic E-state index is 0. The fourth-order valence-electron chi connectivity index (χ4n) is 1.41. The van der Waals surface area contributed by atoms with E-state index in [4.69, 9.17) is 0 Å². The van der Waals surface area contributed by atoms with Gasteiger partial charge in [-0.25, -0.2) is 0 Å². The van der Waals surface area contributed by atoms with Crippen LogP contribution in [0.15, 0.2) is 24.3 Å². The van der Waals surface area contributed by atoms with Gasteiger partial charge in [-0.05, 0) is 19.4 Å². The maximum absolute atomic E-state index is 2.39. The lowest BCUT2D eigenvalue weighted by atomic mass is 10.4. The SMILES string of the molecule is CP(C)c1ccccc1[P+](C)(C)C.[I-]. The second-order valence-electron chi connectivity index (χ2n) is 4.40. The van der Waals surface area contributed by atoms with E-state index >= 15 is 0 Å². The first-order valence-corrected chi connectivity index (χ1v) is 9.88. The Labute approximate surface area is 107 Å². The lowest BCUT2D eigenvalue weighted by Gasteiger charge is -2.18. The predicted octanol–water partition coefficient (Wildman–Crippen LogP) is -0.410. The van der Waals surface area contributed by atoms with Crippen LogP contribution in [-0.4, -0.2) is 33.3 Å². The van der Waals surface area contributed by atoms with Crippen LogP contribution in [0.5, 0.6) is 0 Å². The Morgan fingerprint density at radius 2 is 1.50 bits per heavy atom. The number of rotatable bonds is 2. The highest BCUT2D eigenvalue weighted by atomic mass is 127. The van der Waals surface area contributed by atoms with Crippen LogP contribution >= 0.6 is 15.2 Å². The number of hydrogen-bond acceptors (Lipinski definition) is 0. The normalized spacial score (nSPS) is 11.3. The molecule has 0 aliphatic carbocycles. The van der Waals surface area contributed by atoms with Crippen LogP contribution in [0.2, 0.25) is 0 Å². The number of halogens is 1. The molecule has 0 spiro atoms. The first kappa shape index (κ1) is 14.8. The first-order valence-electron chi connectivity index (χ1n) is 4.51. The molecule has 0 heterocycles. The molecule has 14 heavy (non-hydrogen) atoms. The average molecular weight is 340 g/mol. The Hall–Kier alpha value is 0.810. The molecule has 0 N–H and O–H groups in total. The van der Waals surface area contributed by atoms with Gasteiger partial charge < -0.3 is 24.0 Å². The van der Waals surface area contributed by atoms with Gasteiger partial charge in [0, 0.05) is 12.6 Å². The summed E-state index contributed by atoms with van der Waals surface area (Å²) in [5.74, 6) is 0. The highest BCUT2D eigenvalue weighted by molar-refractivity contribution is 7.82. The maximum atomic E-state index is 2.39. The van der Waals surface area contributed by atoms with E-state index in [9.17, 15) is 0 Å².